The van der Waals surface area contributed by atoms with E-state index in [1.54, 1.807) is 0 Å². The third-order valence-electron chi connectivity index (χ3n) is 3.64. The van der Waals surface area contributed by atoms with Crippen molar-refractivity contribution < 1.29 is 9.47 Å². The quantitative estimate of drug-likeness (QED) is 0.917. The van der Waals surface area contributed by atoms with Crippen molar-refractivity contribution in [3.05, 3.63) is 58.1 Å². The molecule has 1 atom stereocenters. The summed E-state index contributed by atoms with van der Waals surface area (Å²) < 4.78 is 10.7. The standard InChI is InChI=1S/C17H18ClNO2/c1-11-4-3-5-14(6-11)12(2)19-9-13-7-15(18)17-16(8-13)20-10-21-17/h3-8,12,19H,9-10H2,1-2H3/t12-/m1/s1. The summed E-state index contributed by atoms with van der Waals surface area (Å²) in [6.07, 6.45) is 0. The molecule has 0 fully saturated rings. The molecule has 110 valence electrons. The molecule has 0 amide bonds. The molecule has 3 nitrogen and oxygen atoms in total. The Hall–Kier alpha value is -1.71. The summed E-state index contributed by atoms with van der Waals surface area (Å²) >= 11 is 6.20. The molecular formula is C17H18ClNO2. The lowest BCUT2D eigenvalue weighted by Gasteiger charge is -2.15. The van der Waals surface area contributed by atoms with Crippen LogP contribution in [0.4, 0.5) is 0 Å². The first-order valence-electron chi connectivity index (χ1n) is 7.01. The van der Waals surface area contributed by atoms with E-state index in [-0.39, 0.29) is 12.8 Å². The van der Waals surface area contributed by atoms with Crippen molar-refractivity contribution >= 4 is 11.6 Å². The van der Waals surface area contributed by atoms with Gasteiger partial charge in [-0.3, -0.25) is 0 Å². The van der Waals surface area contributed by atoms with Crippen LogP contribution in [0.5, 0.6) is 11.5 Å². The minimum absolute atomic E-state index is 0.242. The van der Waals surface area contributed by atoms with Crippen LogP contribution in [0.2, 0.25) is 5.02 Å². The molecule has 0 unspecified atom stereocenters. The molecule has 21 heavy (non-hydrogen) atoms. The topological polar surface area (TPSA) is 30.5 Å². The van der Waals surface area contributed by atoms with Crippen LogP contribution in [0, 0.1) is 6.92 Å². The lowest BCUT2D eigenvalue weighted by molar-refractivity contribution is 0.174. The summed E-state index contributed by atoms with van der Waals surface area (Å²) in [6, 6.07) is 12.7. The first-order valence-corrected chi connectivity index (χ1v) is 7.39. The predicted octanol–water partition coefficient (Wildman–Crippen LogP) is 4.23. The number of hydrogen-bond donors (Lipinski definition) is 1. The zero-order valence-electron chi connectivity index (χ0n) is 12.2. The zero-order valence-corrected chi connectivity index (χ0v) is 12.9. The number of nitrogens with one attached hydrogen (secondary N) is 1. The Balaban J connectivity index is 1.69. The Labute approximate surface area is 129 Å². The molecule has 0 saturated heterocycles. The van der Waals surface area contributed by atoms with Crippen LogP contribution in [-0.2, 0) is 6.54 Å². The summed E-state index contributed by atoms with van der Waals surface area (Å²) in [7, 11) is 0. The second-order valence-electron chi connectivity index (χ2n) is 5.33. The van der Waals surface area contributed by atoms with Crippen LogP contribution in [0.1, 0.15) is 29.7 Å². The summed E-state index contributed by atoms with van der Waals surface area (Å²) in [5, 5.41) is 4.11. The number of halogens is 1. The number of fused-ring (bicyclic) bond motifs is 1. The number of aryl methyl sites for hydroxylation is 1. The first kappa shape index (κ1) is 14.2. The Kier molecular flexibility index (Phi) is 4.04. The summed E-state index contributed by atoms with van der Waals surface area (Å²) in [6.45, 7) is 5.23. The van der Waals surface area contributed by atoms with Gasteiger partial charge in [0.2, 0.25) is 6.79 Å². The van der Waals surface area contributed by atoms with Gasteiger partial charge in [-0.25, -0.2) is 0 Å². The lowest BCUT2D eigenvalue weighted by atomic mass is 10.1. The molecule has 0 spiro atoms. The van der Waals surface area contributed by atoms with Gasteiger partial charge in [0.1, 0.15) is 0 Å². The van der Waals surface area contributed by atoms with Crippen molar-refractivity contribution in [1.29, 1.82) is 0 Å². The molecule has 1 N–H and O–H groups in total. The Bertz CT molecular complexity index is 657. The van der Waals surface area contributed by atoms with E-state index >= 15 is 0 Å². The fraction of sp³-hybridized carbons (Fsp3) is 0.294. The van der Waals surface area contributed by atoms with E-state index in [2.05, 4.69) is 43.4 Å². The smallest absolute Gasteiger partial charge is 0.231 e. The summed E-state index contributed by atoms with van der Waals surface area (Å²) in [4.78, 5) is 0. The van der Waals surface area contributed by atoms with Crippen molar-refractivity contribution in [2.75, 3.05) is 6.79 Å². The number of hydrogen-bond acceptors (Lipinski definition) is 3. The van der Waals surface area contributed by atoms with Gasteiger partial charge in [0, 0.05) is 12.6 Å². The molecule has 1 aliphatic rings. The first-order chi connectivity index (χ1) is 10.1. The Morgan fingerprint density at radius 3 is 2.90 bits per heavy atom. The molecule has 1 aliphatic heterocycles. The van der Waals surface area contributed by atoms with E-state index in [4.69, 9.17) is 21.1 Å². The lowest BCUT2D eigenvalue weighted by Crippen LogP contribution is -2.18. The molecule has 0 saturated carbocycles. The molecule has 4 heteroatoms. The van der Waals surface area contributed by atoms with Crippen LogP contribution in [0.25, 0.3) is 0 Å². The molecule has 2 aromatic carbocycles. The van der Waals surface area contributed by atoms with Crippen LogP contribution in [0.15, 0.2) is 36.4 Å². The highest BCUT2D eigenvalue weighted by Crippen LogP contribution is 2.39. The fourth-order valence-electron chi connectivity index (χ4n) is 2.45. The van der Waals surface area contributed by atoms with Crippen molar-refractivity contribution in [2.24, 2.45) is 0 Å². The predicted molar refractivity (Wildman–Crippen MR) is 84.0 cm³/mol. The Morgan fingerprint density at radius 2 is 2.10 bits per heavy atom. The highest BCUT2D eigenvalue weighted by Gasteiger charge is 2.18. The van der Waals surface area contributed by atoms with E-state index in [0.29, 0.717) is 10.8 Å². The second-order valence-corrected chi connectivity index (χ2v) is 5.74. The van der Waals surface area contributed by atoms with Gasteiger partial charge in [-0.2, -0.15) is 0 Å². The molecule has 0 aliphatic carbocycles. The maximum atomic E-state index is 6.20. The number of rotatable bonds is 4. The van der Waals surface area contributed by atoms with Gasteiger partial charge in [0.15, 0.2) is 11.5 Å². The molecular weight excluding hydrogens is 286 g/mol. The second kappa shape index (κ2) is 5.96. The highest BCUT2D eigenvalue weighted by molar-refractivity contribution is 6.32. The van der Waals surface area contributed by atoms with Crippen molar-refractivity contribution in [3.8, 4) is 11.5 Å². The van der Waals surface area contributed by atoms with Crippen molar-refractivity contribution in [3.63, 3.8) is 0 Å². The molecule has 0 aromatic heterocycles. The average molecular weight is 304 g/mol. The third kappa shape index (κ3) is 3.14. The van der Waals surface area contributed by atoms with Crippen LogP contribution in [0.3, 0.4) is 0 Å². The minimum Gasteiger partial charge on any atom is -0.454 e. The van der Waals surface area contributed by atoms with Gasteiger partial charge in [-0.05, 0) is 37.1 Å². The molecule has 2 aromatic rings. The number of ether oxygens (including phenoxy) is 2. The van der Waals surface area contributed by atoms with E-state index in [0.717, 1.165) is 17.9 Å². The zero-order chi connectivity index (χ0) is 14.8. The van der Waals surface area contributed by atoms with E-state index in [9.17, 15) is 0 Å². The van der Waals surface area contributed by atoms with Crippen molar-refractivity contribution in [2.45, 2.75) is 26.4 Å². The van der Waals surface area contributed by atoms with Gasteiger partial charge >= 0.3 is 0 Å². The van der Waals surface area contributed by atoms with Crippen molar-refractivity contribution in [1.82, 2.24) is 5.32 Å². The molecule has 1 heterocycles. The van der Waals surface area contributed by atoms with Gasteiger partial charge in [-0.1, -0.05) is 41.4 Å². The van der Waals surface area contributed by atoms with E-state index in [1.165, 1.54) is 11.1 Å². The maximum Gasteiger partial charge on any atom is 0.231 e. The van der Waals surface area contributed by atoms with Gasteiger partial charge in [0.05, 0.1) is 5.02 Å². The average Bonchev–Trinajstić information content (AvgIpc) is 2.93. The van der Waals surface area contributed by atoms with Crippen LogP contribution < -0.4 is 14.8 Å². The Morgan fingerprint density at radius 1 is 1.24 bits per heavy atom. The molecule has 0 radical (unpaired) electrons. The molecule has 0 bridgehead atoms. The summed E-state index contributed by atoms with van der Waals surface area (Å²) in [5.74, 6) is 1.37. The SMILES string of the molecule is Cc1cccc([C@@H](C)NCc2cc(Cl)c3c(c2)OCO3)c1. The fourth-order valence-corrected chi connectivity index (χ4v) is 2.74. The normalized spacial score (nSPS) is 14.2. The van der Waals surface area contributed by atoms with E-state index in [1.807, 2.05) is 12.1 Å². The van der Waals surface area contributed by atoms with Gasteiger partial charge in [0.25, 0.3) is 0 Å². The van der Waals surface area contributed by atoms with Crippen LogP contribution >= 0.6 is 11.6 Å². The van der Waals surface area contributed by atoms with Gasteiger partial charge < -0.3 is 14.8 Å². The number of benzene rings is 2. The molecule has 3 rings (SSSR count). The van der Waals surface area contributed by atoms with Gasteiger partial charge in [-0.15, -0.1) is 0 Å². The monoisotopic (exact) mass is 303 g/mol. The van der Waals surface area contributed by atoms with Crippen LogP contribution in [-0.4, -0.2) is 6.79 Å². The third-order valence-corrected chi connectivity index (χ3v) is 3.92. The largest absolute Gasteiger partial charge is 0.454 e. The van der Waals surface area contributed by atoms with E-state index < -0.39 is 0 Å². The highest BCUT2D eigenvalue weighted by atomic mass is 35.5. The minimum atomic E-state index is 0.242. The summed E-state index contributed by atoms with van der Waals surface area (Å²) in [5.41, 5.74) is 3.64. The maximum absolute atomic E-state index is 6.20.